The normalized spacial score (nSPS) is 12.7. The number of rotatable bonds is 25. The Labute approximate surface area is 215 Å². The summed E-state index contributed by atoms with van der Waals surface area (Å²) in [5.41, 5.74) is 0. The van der Waals surface area contributed by atoms with Gasteiger partial charge in [-0.3, -0.25) is 4.98 Å². The maximum absolute atomic E-state index is 12.2. The van der Waals surface area contributed by atoms with E-state index in [9.17, 15) is 8.42 Å². The van der Waals surface area contributed by atoms with Crippen LogP contribution in [0.25, 0.3) is 0 Å². The zero-order valence-corrected chi connectivity index (χ0v) is 23.3. The largest absolute Gasteiger partial charge is 0.379 e. The lowest BCUT2D eigenvalue weighted by Crippen LogP contribution is -2.38. The van der Waals surface area contributed by atoms with E-state index in [0.29, 0.717) is 26.2 Å². The number of aryl methyl sites for hydroxylation is 1. The molecule has 35 heavy (non-hydrogen) atoms. The number of hydrogen-bond acceptors (Lipinski definition) is 5. The highest BCUT2D eigenvalue weighted by Gasteiger charge is 2.15. The molecule has 0 bridgehead atoms. The lowest BCUT2D eigenvalue weighted by Gasteiger charge is -2.16. The predicted molar refractivity (Wildman–Crippen MR) is 143 cm³/mol. The minimum absolute atomic E-state index is 0.0820. The molecule has 1 atom stereocenters. The molecule has 1 aromatic rings. The number of sulfonamides is 1. The predicted octanol–water partition coefficient (Wildman–Crippen LogP) is 5.19. The summed E-state index contributed by atoms with van der Waals surface area (Å²) in [5, 5.41) is 0. The van der Waals surface area contributed by atoms with Gasteiger partial charge in [-0.05, 0) is 6.42 Å². The fourth-order valence-electron chi connectivity index (χ4n) is 4.05. The van der Waals surface area contributed by atoms with Crippen LogP contribution in [0.2, 0.25) is 0 Å². The second-order valence-corrected chi connectivity index (χ2v) is 11.5. The summed E-state index contributed by atoms with van der Waals surface area (Å²) in [7, 11) is -1.74. The molecule has 0 saturated heterocycles. The molecule has 1 N–H and O–H groups in total. The lowest BCUT2D eigenvalue weighted by atomic mass is 10.0. The van der Waals surface area contributed by atoms with Crippen molar-refractivity contribution in [3.63, 3.8) is 0 Å². The van der Waals surface area contributed by atoms with Crippen LogP contribution in [0.15, 0.2) is 24.8 Å². The van der Waals surface area contributed by atoms with Gasteiger partial charge in [0, 0.05) is 26.7 Å². The van der Waals surface area contributed by atoms with Gasteiger partial charge in [0.2, 0.25) is 10.0 Å². The molecule has 8 heteroatoms. The number of nitrogens with one attached hydrogen (secondary N) is 1. The van der Waals surface area contributed by atoms with Crippen molar-refractivity contribution in [1.82, 2.24) is 9.71 Å². The molecule has 0 fully saturated rings. The molecule has 0 aliphatic carbocycles. The summed E-state index contributed by atoms with van der Waals surface area (Å²) in [6.45, 7) is 4.26. The van der Waals surface area contributed by atoms with Crippen LogP contribution in [0.3, 0.4) is 0 Å². The van der Waals surface area contributed by atoms with E-state index >= 15 is 0 Å². The second kappa shape index (κ2) is 22.1. The summed E-state index contributed by atoms with van der Waals surface area (Å²) in [4.78, 5) is 3.96. The fourth-order valence-corrected chi connectivity index (χ4v) is 5.14. The van der Waals surface area contributed by atoms with Gasteiger partial charge in [0.25, 0.3) is 0 Å². The maximum atomic E-state index is 12.2. The Morgan fingerprint density at radius 2 is 1.37 bits per heavy atom. The van der Waals surface area contributed by atoms with Gasteiger partial charge >= 0.3 is 0 Å². The number of methoxy groups -OCH3 is 1. The first-order valence-electron chi connectivity index (χ1n) is 13.9. The number of aromatic nitrogens is 2. The van der Waals surface area contributed by atoms with Crippen molar-refractivity contribution in [2.75, 3.05) is 32.6 Å². The van der Waals surface area contributed by atoms with Crippen molar-refractivity contribution in [3.05, 3.63) is 24.8 Å². The standard InChI is InChI=1S/C27H52N3O4S/c1-3-4-5-6-7-8-9-10-11-12-13-14-15-16-23-34-26-27(33-2)25-29-35(31,32)24-17-20-30-21-18-28-19-22-30/h18-19,21-22,27,29H,3-17,20,23-26H2,1-2H3/q+1. The topological polar surface area (TPSA) is 81.4 Å². The molecule has 7 nitrogen and oxygen atoms in total. The van der Waals surface area contributed by atoms with Crippen LogP contribution in [-0.4, -0.2) is 52.1 Å². The summed E-state index contributed by atoms with van der Waals surface area (Å²) in [5.74, 6) is 0.0820. The fraction of sp³-hybridized carbons (Fsp3) is 0.852. The third kappa shape index (κ3) is 19.7. The van der Waals surface area contributed by atoms with Crippen molar-refractivity contribution in [3.8, 4) is 0 Å². The minimum Gasteiger partial charge on any atom is -0.379 e. The van der Waals surface area contributed by atoms with Crippen LogP contribution in [0.1, 0.15) is 103 Å². The molecule has 0 amide bonds. The van der Waals surface area contributed by atoms with Crippen LogP contribution >= 0.6 is 0 Å². The van der Waals surface area contributed by atoms with Gasteiger partial charge in [0.1, 0.15) is 6.54 Å². The van der Waals surface area contributed by atoms with Gasteiger partial charge in [0.15, 0.2) is 12.4 Å². The lowest BCUT2D eigenvalue weighted by molar-refractivity contribution is -0.697. The highest BCUT2D eigenvalue weighted by atomic mass is 32.2. The van der Waals surface area contributed by atoms with Crippen molar-refractivity contribution < 1.29 is 22.5 Å². The van der Waals surface area contributed by atoms with Gasteiger partial charge in [-0.1, -0.05) is 90.4 Å². The van der Waals surface area contributed by atoms with E-state index in [1.54, 1.807) is 19.5 Å². The maximum Gasteiger partial charge on any atom is 0.211 e. The number of unbranched alkanes of at least 4 members (excludes halogenated alkanes) is 13. The van der Waals surface area contributed by atoms with Crippen LogP contribution < -0.4 is 9.29 Å². The molecule has 0 radical (unpaired) electrons. The Hall–Kier alpha value is -1.09. The molecule has 1 unspecified atom stereocenters. The van der Waals surface area contributed by atoms with Gasteiger partial charge < -0.3 is 9.47 Å². The minimum atomic E-state index is -3.33. The van der Waals surface area contributed by atoms with E-state index in [-0.39, 0.29) is 18.4 Å². The second-order valence-electron chi connectivity index (χ2n) is 9.53. The molecule has 1 heterocycles. The van der Waals surface area contributed by atoms with Crippen molar-refractivity contribution in [2.24, 2.45) is 0 Å². The van der Waals surface area contributed by atoms with Gasteiger partial charge in [-0.25, -0.2) is 17.7 Å². The zero-order valence-electron chi connectivity index (χ0n) is 22.5. The SMILES string of the molecule is CCCCCCCCCCCCCCCCOCC(CNS(=O)(=O)CCC[n+]1ccncc1)OC. The molecular weight excluding hydrogens is 462 g/mol. The quantitative estimate of drug-likeness (QED) is 0.143. The van der Waals surface area contributed by atoms with Crippen molar-refractivity contribution >= 4 is 10.0 Å². The van der Waals surface area contributed by atoms with Crippen molar-refractivity contribution in [1.29, 1.82) is 0 Å². The van der Waals surface area contributed by atoms with Crippen molar-refractivity contribution in [2.45, 2.75) is 116 Å². The van der Waals surface area contributed by atoms with Crippen LogP contribution in [-0.2, 0) is 26.0 Å². The Morgan fingerprint density at radius 3 is 1.91 bits per heavy atom. The monoisotopic (exact) mass is 514 g/mol. The third-order valence-corrected chi connectivity index (χ3v) is 7.76. The molecule has 0 saturated carbocycles. The average Bonchev–Trinajstić information content (AvgIpc) is 2.86. The molecule has 0 aromatic carbocycles. The van der Waals surface area contributed by atoms with Gasteiger partial charge in [0.05, 0.1) is 30.9 Å². The molecule has 0 aliphatic heterocycles. The van der Waals surface area contributed by atoms with Crippen LogP contribution in [0.5, 0.6) is 0 Å². The summed E-state index contributed by atoms with van der Waals surface area (Å²) < 4.78 is 40.1. The highest BCUT2D eigenvalue weighted by Crippen LogP contribution is 2.13. The van der Waals surface area contributed by atoms with E-state index in [0.717, 1.165) is 6.42 Å². The Bertz CT molecular complexity index is 689. The summed E-state index contributed by atoms with van der Waals surface area (Å²) in [6.07, 6.45) is 26.0. The molecule has 0 spiro atoms. The first kappa shape index (κ1) is 31.9. The number of ether oxygens (including phenoxy) is 2. The van der Waals surface area contributed by atoms with Crippen LogP contribution in [0.4, 0.5) is 0 Å². The summed E-state index contributed by atoms with van der Waals surface area (Å²) in [6, 6.07) is 0. The van der Waals surface area contributed by atoms with E-state index in [1.165, 1.54) is 83.5 Å². The van der Waals surface area contributed by atoms with E-state index in [4.69, 9.17) is 9.47 Å². The Kier molecular flexibility index (Phi) is 20.2. The van der Waals surface area contributed by atoms with Crippen LogP contribution in [0, 0.1) is 0 Å². The molecule has 204 valence electrons. The molecule has 1 aromatic heterocycles. The third-order valence-electron chi connectivity index (χ3n) is 6.33. The Morgan fingerprint density at radius 1 is 0.829 bits per heavy atom. The molecule has 0 aliphatic rings. The first-order valence-corrected chi connectivity index (χ1v) is 15.6. The van der Waals surface area contributed by atoms with E-state index < -0.39 is 10.0 Å². The smallest absolute Gasteiger partial charge is 0.211 e. The van der Waals surface area contributed by atoms with Gasteiger partial charge in [-0.15, -0.1) is 0 Å². The molecular formula is C27H52N3O4S+. The number of hydrogen-bond donors (Lipinski definition) is 1. The Balaban J connectivity index is 1.93. The highest BCUT2D eigenvalue weighted by molar-refractivity contribution is 7.89. The zero-order chi connectivity index (χ0) is 25.5. The molecule has 1 rings (SSSR count). The average molecular weight is 515 g/mol. The first-order chi connectivity index (χ1) is 17.1. The van der Waals surface area contributed by atoms with E-state index in [1.807, 2.05) is 17.0 Å². The van der Waals surface area contributed by atoms with E-state index in [2.05, 4.69) is 16.6 Å². The van der Waals surface area contributed by atoms with Gasteiger partial charge in [-0.2, -0.15) is 0 Å². The number of nitrogens with zero attached hydrogens (tertiary/aromatic N) is 2. The summed E-state index contributed by atoms with van der Waals surface area (Å²) >= 11 is 0.